The lowest BCUT2D eigenvalue weighted by molar-refractivity contribution is 0.0881. The van der Waals surface area contributed by atoms with Crippen LogP contribution in [0.15, 0.2) is 10.5 Å². The van der Waals surface area contributed by atoms with Crippen LogP contribution >= 0.6 is 15.9 Å². The number of hydrogen-bond acceptors (Lipinski definition) is 1. The topological polar surface area (TPSA) is 14.2 Å². The average molecular weight is 302 g/mol. The molecular weight excluding hydrogens is 281 g/mol. The van der Waals surface area contributed by atoms with E-state index in [-0.39, 0.29) is 0 Å². The van der Waals surface area contributed by atoms with E-state index in [1.165, 1.54) is 21.8 Å². The van der Waals surface area contributed by atoms with Crippen LogP contribution in [-0.4, -0.2) is 27.1 Å². The van der Waals surface area contributed by atoms with Gasteiger partial charge >= 0.3 is 0 Å². The molecule has 0 saturated carbocycles. The number of aryl methyl sites for hydroxylation is 1. The Morgan fingerprint density at radius 2 is 2.06 bits per heavy atom. The predicted octanol–water partition coefficient (Wildman–Crippen LogP) is 2.13. The Morgan fingerprint density at radius 1 is 1.44 bits per heavy atom. The highest BCUT2D eigenvalue weighted by atomic mass is 79.9. The van der Waals surface area contributed by atoms with Crippen molar-refractivity contribution in [2.24, 2.45) is 0 Å². The zero-order valence-corrected chi connectivity index (χ0v) is 13.5. The van der Waals surface area contributed by atoms with E-state index < -0.39 is 8.07 Å². The van der Waals surface area contributed by atoms with Gasteiger partial charge in [-0.2, -0.15) is 0 Å². The lowest BCUT2D eigenvalue weighted by Crippen LogP contribution is -2.24. The monoisotopic (exact) mass is 301 g/mol. The molecule has 0 spiro atoms. The molecule has 1 heterocycles. The molecule has 2 nitrogen and oxygen atoms in total. The minimum atomic E-state index is -0.961. The van der Waals surface area contributed by atoms with Gasteiger partial charge in [0.25, 0.3) is 0 Å². The maximum absolute atomic E-state index is 5.75. The highest BCUT2D eigenvalue weighted by Gasteiger charge is 2.12. The lowest BCUT2D eigenvalue weighted by Gasteiger charge is -2.16. The van der Waals surface area contributed by atoms with Crippen LogP contribution in [0.2, 0.25) is 25.7 Å². The number of nitrogens with zero attached hydrogens (tertiary/aromatic N) is 1. The summed E-state index contributed by atoms with van der Waals surface area (Å²) in [6, 6.07) is 3.37. The van der Waals surface area contributed by atoms with E-state index in [1.54, 1.807) is 0 Å². The molecule has 5 heteroatoms. The van der Waals surface area contributed by atoms with Crippen molar-refractivity contribution >= 4 is 37.4 Å². The quantitative estimate of drug-likeness (QED) is 0.600. The molecule has 0 atom stereocenters. The maximum atomic E-state index is 5.75. The molecule has 1 aromatic heterocycles. The summed E-state index contributed by atoms with van der Waals surface area (Å²) in [4.78, 5) is 0. The van der Waals surface area contributed by atoms with E-state index in [9.17, 15) is 0 Å². The predicted molar refractivity (Wildman–Crippen MR) is 79.2 cm³/mol. The first-order valence-electron chi connectivity index (χ1n) is 5.71. The maximum Gasteiger partial charge on any atom is 0.162 e. The summed E-state index contributed by atoms with van der Waals surface area (Å²) in [6.45, 7) is 10.8. The van der Waals surface area contributed by atoms with Crippen LogP contribution in [-0.2, 0) is 11.5 Å². The lowest BCUT2D eigenvalue weighted by atomic mass is 10.1. The highest BCUT2D eigenvalue weighted by Crippen LogP contribution is 2.12. The zero-order valence-electron chi connectivity index (χ0n) is 10.9. The van der Waals surface area contributed by atoms with Gasteiger partial charge < -0.3 is 9.30 Å². The van der Waals surface area contributed by atoms with E-state index in [1.807, 2.05) is 0 Å². The van der Waals surface area contributed by atoms with Crippen molar-refractivity contribution in [2.45, 2.75) is 39.3 Å². The van der Waals surface area contributed by atoms with E-state index in [2.05, 4.69) is 61.0 Å². The number of ether oxygens (including phenoxy) is 1. The van der Waals surface area contributed by atoms with Gasteiger partial charge in [-0.05, 0) is 40.6 Å². The third kappa shape index (κ3) is 4.11. The summed E-state index contributed by atoms with van der Waals surface area (Å²) in [5.41, 5.74) is 2.49. The summed E-state index contributed by atoms with van der Waals surface area (Å²) in [7, 11) is 1.15. The molecule has 0 amide bonds. The summed E-state index contributed by atoms with van der Waals surface area (Å²) < 4.78 is 9.12. The molecule has 0 bridgehead atoms. The molecule has 1 aromatic rings. The molecule has 0 aliphatic heterocycles. The number of hydrogen-bond donors (Lipinski definition) is 0. The SMILES string of the molecule is Bc1c(Br)cc(C)n1COCC[Si](C)(C)C. The second kappa shape index (κ2) is 5.56. The molecular formula is C11H21BBrNOSi. The van der Waals surface area contributed by atoms with Gasteiger partial charge in [0.1, 0.15) is 6.73 Å². The van der Waals surface area contributed by atoms with Crippen LogP contribution in [0.1, 0.15) is 5.69 Å². The van der Waals surface area contributed by atoms with Crippen molar-refractivity contribution in [3.63, 3.8) is 0 Å². The number of aromatic nitrogens is 1. The van der Waals surface area contributed by atoms with Crippen molar-refractivity contribution in [3.05, 3.63) is 16.2 Å². The minimum absolute atomic E-state index is 0.674. The minimum Gasteiger partial charge on any atom is -0.361 e. The fourth-order valence-electron chi connectivity index (χ4n) is 1.49. The molecule has 16 heavy (non-hydrogen) atoms. The Labute approximate surface area is 109 Å². The molecule has 1 rings (SSSR count). The van der Waals surface area contributed by atoms with Gasteiger partial charge in [0.05, 0.1) is 0 Å². The van der Waals surface area contributed by atoms with E-state index in [0.717, 1.165) is 6.61 Å². The van der Waals surface area contributed by atoms with Gasteiger partial charge in [-0.1, -0.05) is 19.6 Å². The van der Waals surface area contributed by atoms with Crippen molar-refractivity contribution in [1.29, 1.82) is 0 Å². The summed E-state index contributed by atoms with van der Waals surface area (Å²) in [5.74, 6) is 0. The van der Waals surface area contributed by atoms with E-state index >= 15 is 0 Å². The first-order chi connectivity index (χ1) is 7.31. The second-order valence-corrected chi connectivity index (χ2v) is 12.0. The Hall–Kier alpha value is 0.00182. The van der Waals surface area contributed by atoms with Crippen LogP contribution in [0.5, 0.6) is 0 Å². The fraction of sp³-hybridized carbons (Fsp3) is 0.636. The summed E-state index contributed by atoms with van der Waals surface area (Å²) >= 11 is 3.54. The Kier molecular flexibility index (Phi) is 4.89. The van der Waals surface area contributed by atoms with Crippen molar-refractivity contribution < 1.29 is 4.74 Å². The average Bonchev–Trinajstić information content (AvgIpc) is 2.36. The van der Waals surface area contributed by atoms with Crippen LogP contribution in [0.25, 0.3) is 0 Å². The van der Waals surface area contributed by atoms with Crippen LogP contribution in [0, 0.1) is 6.92 Å². The van der Waals surface area contributed by atoms with Gasteiger partial charge in [0.2, 0.25) is 0 Å². The van der Waals surface area contributed by atoms with Gasteiger partial charge in [-0.15, -0.1) is 0 Å². The molecule has 0 aliphatic rings. The van der Waals surface area contributed by atoms with E-state index in [4.69, 9.17) is 4.74 Å². The largest absolute Gasteiger partial charge is 0.361 e. The molecule has 0 fully saturated rings. The molecule has 0 N–H and O–H groups in total. The molecule has 0 radical (unpaired) electrons. The first-order valence-corrected chi connectivity index (χ1v) is 10.2. The number of rotatable bonds is 5. The zero-order chi connectivity index (χ0) is 12.3. The third-order valence-corrected chi connectivity index (χ3v) is 5.24. The van der Waals surface area contributed by atoms with Gasteiger partial charge in [-0.25, -0.2) is 0 Å². The van der Waals surface area contributed by atoms with Crippen molar-refractivity contribution in [3.8, 4) is 0 Å². The molecule has 0 unspecified atom stereocenters. The smallest absolute Gasteiger partial charge is 0.162 e. The third-order valence-electron chi connectivity index (χ3n) is 2.73. The van der Waals surface area contributed by atoms with E-state index in [0.29, 0.717) is 6.73 Å². The van der Waals surface area contributed by atoms with Crippen molar-refractivity contribution in [2.75, 3.05) is 6.61 Å². The standard InChI is InChI=1S/C11H21BBrNOSi/c1-9-7-10(13)11(12)14(9)8-15-5-6-16(2,3)4/h7H,5-6,8,12H2,1-4H3. The second-order valence-electron chi connectivity index (χ2n) is 5.50. The van der Waals surface area contributed by atoms with Crippen molar-refractivity contribution in [1.82, 2.24) is 4.57 Å². The van der Waals surface area contributed by atoms with Gasteiger partial charge in [0, 0.05) is 24.8 Å². The van der Waals surface area contributed by atoms with Gasteiger partial charge in [-0.3, -0.25) is 0 Å². The van der Waals surface area contributed by atoms with Crippen LogP contribution in [0.4, 0.5) is 0 Å². The number of halogens is 1. The molecule has 0 aromatic carbocycles. The molecule has 0 saturated heterocycles. The fourth-order valence-corrected chi connectivity index (χ4v) is 2.79. The van der Waals surface area contributed by atoms with Gasteiger partial charge in [0.15, 0.2) is 7.85 Å². The molecule has 90 valence electrons. The summed E-state index contributed by atoms with van der Waals surface area (Å²) in [6.07, 6.45) is 0. The Morgan fingerprint density at radius 3 is 2.50 bits per heavy atom. The van der Waals surface area contributed by atoms with Crippen LogP contribution < -0.4 is 5.59 Å². The summed E-state index contributed by atoms with van der Waals surface area (Å²) in [5, 5.41) is 0. The Balaban J connectivity index is 2.43. The normalized spacial score (nSPS) is 12.1. The first kappa shape index (κ1) is 14.1. The van der Waals surface area contributed by atoms with Crippen LogP contribution in [0.3, 0.4) is 0 Å². The highest BCUT2D eigenvalue weighted by molar-refractivity contribution is 9.10. The molecule has 0 aliphatic carbocycles. The Bertz CT molecular complexity index is 360.